The topological polar surface area (TPSA) is 116 Å². The summed E-state index contributed by atoms with van der Waals surface area (Å²) in [5.41, 5.74) is 1.32. The van der Waals surface area contributed by atoms with Gasteiger partial charge in [-0.3, -0.25) is 9.59 Å². The number of amides is 2. The normalized spacial score (nSPS) is 10.3. The SMILES string of the molecule is COc1ccc(NC(C)=O)c(NC(=O)c2ccc(OCc3noc(C)n3)cc2)c1. The van der Waals surface area contributed by atoms with Crippen LogP contribution in [0.5, 0.6) is 11.5 Å². The van der Waals surface area contributed by atoms with Crippen molar-refractivity contribution in [1.82, 2.24) is 10.1 Å². The number of anilines is 2. The number of aryl methyl sites for hydroxylation is 1. The van der Waals surface area contributed by atoms with E-state index in [9.17, 15) is 9.59 Å². The van der Waals surface area contributed by atoms with Gasteiger partial charge in [0, 0.05) is 25.5 Å². The Labute approximate surface area is 167 Å². The number of carbonyl (C=O) groups excluding carboxylic acids is 2. The van der Waals surface area contributed by atoms with Crippen LogP contribution >= 0.6 is 0 Å². The molecule has 150 valence electrons. The van der Waals surface area contributed by atoms with Gasteiger partial charge in [0.2, 0.25) is 17.6 Å². The van der Waals surface area contributed by atoms with Crippen molar-refractivity contribution in [2.75, 3.05) is 17.7 Å². The van der Waals surface area contributed by atoms with Gasteiger partial charge in [-0.15, -0.1) is 0 Å². The quantitative estimate of drug-likeness (QED) is 0.630. The lowest BCUT2D eigenvalue weighted by molar-refractivity contribution is -0.114. The van der Waals surface area contributed by atoms with Gasteiger partial charge in [-0.2, -0.15) is 4.98 Å². The standard InChI is InChI=1S/C20H20N4O5/c1-12(25)21-17-9-8-16(27-3)10-18(17)23-20(26)14-4-6-15(7-5-14)28-11-19-22-13(2)29-24-19/h4-10H,11H2,1-3H3,(H,21,25)(H,23,26). The van der Waals surface area contributed by atoms with E-state index < -0.39 is 0 Å². The molecule has 0 aliphatic rings. The lowest BCUT2D eigenvalue weighted by Crippen LogP contribution is -2.15. The van der Waals surface area contributed by atoms with E-state index >= 15 is 0 Å². The summed E-state index contributed by atoms with van der Waals surface area (Å²) >= 11 is 0. The number of nitrogens with zero attached hydrogens (tertiary/aromatic N) is 2. The van der Waals surface area contributed by atoms with Crippen LogP contribution < -0.4 is 20.1 Å². The molecule has 0 aliphatic carbocycles. The van der Waals surface area contributed by atoms with Crippen LogP contribution in [0.4, 0.5) is 11.4 Å². The molecule has 2 N–H and O–H groups in total. The largest absolute Gasteiger partial charge is 0.497 e. The Hall–Kier alpha value is -3.88. The fourth-order valence-electron chi connectivity index (χ4n) is 2.50. The summed E-state index contributed by atoms with van der Waals surface area (Å²) in [7, 11) is 1.52. The Kier molecular flexibility index (Phi) is 6.08. The van der Waals surface area contributed by atoms with Gasteiger partial charge in [0.25, 0.3) is 5.91 Å². The third kappa shape index (κ3) is 5.32. The molecule has 2 amide bonds. The first-order valence-electron chi connectivity index (χ1n) is 8.73. The summed E-state index contributed by atoms with van der Waals surface area (Å²) in [6.07, 6.45) is 0. The highest BCUT2D eigenvalue weighted by atomic mass is 16.5. The van der Waals surface area contributed by atoms with Crippen molar-refractivity contribution in [3.63, 3.8) is 0 Å². The molecule has 0 atom stereocenters. The van der Waals surface area contributed by atoms with Crippen molar-refractivity contribution >= 4 is 23.2 Å². The number of methoxy groups -OCH3 is 1. The third-order valence-corrected chi connectivity index (χ3v) is 3.84. The van der Waals surface area contributed by atoms with Crippen molar-refractivity contribution in [2.24, 2.45) is 0 Å². The predicted molar refractivity (Wildman–Crippen MR) is 105 cm³/mol. The van der Waals surface area contributed by atoms with Crippen LogP contribution in [0.1, 0.15) is 29.0 Å². The Morgan fingerprint density at radius 2 is 1.76 bits per heavy atom. The maximum atomic E-state index is 12.6. The molecule has 0 saturated carbocycles. The van der Waals surface area contributed by atoms with E-state index in [0.717, 1.165) is 0 Å². The molecule has 0 spiro atoms. The van der Waals surface area contributed by atoms with Gasteiger partial charge in [-0.1, -0.05) is 5.16 Å². The van der Waals surface area contributed by atoms with Crippen molar-refractivity contribution in [1.29, 1.82) is 0 Å². The highest BCUT2D eigenvalue weighted by Crippen LogP contribution is 2.28. The zero-order chi connectivity index (χ0) is 20.8. The smallest absolute Gasteiger partial charge is 0.255 e. The van der Waals surface area contributed by atoms with Crippen molar-refractivity contribution in [2.45, 2.75) is 20.5 Å². The summed E-state index contributed by atoms with van der Waals surface area (Å²) < 4.78 is 15.6. The van der Waals surface area contributed by atoms with Crippen LogP contribution in [0.2, 0.25) is 0 Å². The molecular formula is C20H20N4O5. The number of carbonyl (C=O) groups is 2. The lowest BCUT2D eigenvalue weighted by atomic mass is 10.2. The highest BCUT2D eigenvalue weighted by molar-refractivity contribution is 6.07. The van der Waals surface area contributed by atoms with Gasteiger partial charge in [0.1, 0.15) is 11.5 Å². The average molecular weight is 396 g/mol. The van der Waals surface area contributed by atoms with E-state index in [-0.39, 0.29) is 18.4 Å². The first kappa shape index (κ1) is 19.9. The van der Waals surface area contributed by atoms with Crippen LogP contribution in [0.25, 0.3) is 0 Å². The van der Waals surface area contributed by atoms with E-state index in [1.807, 2.05) is 0 Å². The van der Waals surface area contributed by atoms with E-state index in [1.54, 1.807) is 49.4 Å². The second-order valence-electron chi connectivity index (χ2n) is 6.09. The molecule has 9 nitrogen and oxygen atoms in total. The molecule has 0 saturated heterocycles. The minimum absolute atomic E-state index is 0.159. The third-order valence-electron chi connectivity index (χ3n) is 3.84. The number of hydrogen-bond donors (Lipinski definition) is 2. The first-order chi connectivity index (χ1) is 13.9. The number of rotatable bonds is 7. The zero-order valence-corrected chi connectivity index (χ0v) is 16.2. The van der Waals surface area contributed by atoms with Crippen molar-refractivity contribution in [3.8, 4) is 11.5 Å². The molecule has 3 aromatic rings. The monoisotopic (exact) mass is 396 g/mol. The zero-order valence-electron chi connectivity index (χ0n) is 16.2. The molecule has 9 heteroatoms. The molecule has 3 rings (SSSR count). The molecule has 1 heterocycles. The van der Waals surface area contributed by atoms with E-state index in [4.69, 9.17) is 14.0 Å². The van der Waals surface area contributed by atoms with Gasteiger partial charge in [0.05, 0.1) is 18.5 Å². The fraction of sp³-hybridized carbons (Fsp3) is 0.200. The molecule has 0 radical (unpaired) electrons. The van der Waals surface area contributed by atoms with Gasteiger partial charge in [-0.05, 0) is 36.4 Å². The molecule has 0 aliphatic heterocycles. The fourth-order valence-corrected chi connectivity index (χ4v) is 2.50. The van der Waals surface area contributed by atoms with Crippen LogP contribution in [0.3, 0.4) is 0 Å². The van der Waals surface area contributed by atoms with Crippen molar-refractivity contribution in [3.05, 3.63) is 59.7 Å². The predicted octanol–water partition coefficient (Wildman–Crippen LogP) is 3.18. The minimum Gasteiger partial charge on any atom is -0.497 e. The van der Waals surface area contributed by atoms with E-state index in [2.05, 4.69) is 20.8 Å². The van der Waals surface area contributed by atoms with Crippen LogP contribution in [0.15, 0.2) is 47.0 Å². The van der Waals surface area contributed by atoms with Gasteiger partial charge < -0.3 is 24.6 Å². The molecular weight excluding hydrogens is 376 g/mol. The van der Waals surface area contributed by atoms with Crippen LogP contribution in [0, 0.1) is 6.92 Å². The summed E-state index contributed by atoms with van der Waals surface area (Å²) in [6, 6.07) is 11.6. The minimum atomic E-state index is -0.342. The summed E-state index contributed by atoms with van der Waals surface area (Å²) in [5.74, 6) is 1.42. The number of aromatic nitrogens is 2. The summed E-state index contributed by atoms with van der Waals surface area (Å²) in [6.45, 7) is 3.25. The van der Waals surface area contributed by atoms with Crippen LogP contribution in [-0.2, 0) is 11.4 Å². The molecule has 0 bridgehead atoms. The first-order valence-corrected chi connectivity index (χ1v) is 8.73. The molecule has 1 aromatic heterocycles. The lowest BCUT2D eigenvalue weighted by Gasteiger charge is -2.13. The average Bonchev–Trinajstić information content (AvgIpc) is 3.13. The van der Waals surface area contributed by atoms with E-state index in [1.165, 1.54) is 14.0 Å². The number of nitrogens with one attached hydrogen (secondary N) is 2. The Bertz CT molecular complexity index is 1010. The summed E-state index contributed by atoms with van der Waals surface area (Å²) in [4.78, 5) is 28.1. The Morgan fingerprint density at radius 3 is 2.38 bits per heavy atom. The highest BCUT2D eigenvalue weighted by Gasteiger charge is 2.12. The maximum absolute atomic E-state index is 12.6. The number of ether oxygens (including phenoxy) is 2. The summed E-state index contributed by atoms with van der Waals surface area (Å²) in [5, 5.41) is 9.21. The molecule has 0 fully saturated rings. The van der Waals surface area contributed by atoms with E-state index in [0.29, 0.717) is 40.2 Å². The van der Waals surface area contributed by atoms with Gasteiger partial charge >= 0.3 is 0 Å². The van der Waals surface area contributed by atoms with Crippen LogP contribution in [-0.4, -0.2) is 29.1 Å². The maximum Gasteiger partial charge on any atom is 0.255 e. The Balaban J connectivity index is 1.68. The second kappa shape index (κ2) is 8.87. The number of benzene rings is 2. The van der Waals surface area contributed by atoms with Crippen molar-refractivity contribution < 1.29 is 23.6 Å². The molecule has 29 heavy (non-hydrogen) atoms. The van der Waals surface area contributed by atoms with Gasteiger partial charge in [0.15, 0.2) is 6.61 Å². The number of hydrogen-bond acceptors (Lipinski definition) is 7. The Morgan fingerprint density at radius 1 is 1.03 bits per heavy atom. The molecule has 2 aromatic carbocycles. The van der Waals surface area contributed by atoms with Gasteiger partial charge in [-0.25, -0.2) is 0 Å². The second-order valence-corrected chi connectivity index (χ2v) is 6.09. The molecule has 0 unspecified atom stereocenters.